The van der Waals surface area contributed by atoms with E-state index in [1.54, 1.807) is 0 Å². The Morgan fingerprint density at radius 2 is 1.75 bits per heavy atom. The maximum absolute atomic E-state index is 9.42. The quantitative estimate of drug-likeness (QED) is 0.830. The number of nitrogens with zero attached hydrogens (tertiary/aromatic N) is 1. The number of benzene rings is 1. The largest absolute Gasteiger partial charge is 0.248 e. The Balaban J connectivity index is 3.06. The number of halogens is 1. The van der Waals surface area contributed by atoms with E-state index in [1.165, 1.54) is 0 Å². The van der Waals surface area contributed by atoms with Gasteiger partial charge in [0.15, 0.2) is 0 Å². The van der Waals surface area contributed by atoms with Crippen LogP contribution in [0.3, 0.4) is 0 Å². The Kier molecular flexibility index (Phi) is 4.09. The molecule has 0 radical (unpaired) electrons. The van der Waals surface area contributed by atoms with Gasteiger partial charge in [-0.1, -0.05) is 28.1 Å². The molecule has 1 nitrogen and oxygen atoms in total. The molecule has 0 saturated heterocycles. The van der Waals surface area contributed by atoms with Crippen molar-refractivity contribution in [2.45, 2.75) is 12.3 Å². The molecule has 0 aliphatic rings. The minimum absolute atomic E-state index is 0.367. The van der Waals surface area contributed by atoms with Crippen LogP contribution in [0.25, 0.3) is 0 Å². The van der Waals surface area contributed by atoms with Crippen LogP contribution in [-0.4, -0.2) is 24.5 Å². The smallest absolute Gasteiger partial charge is 0.0869 e. The van der Waals surface area contributed by atoms with Gasteiger partial charge in [0, 0.05) is 4.47 Å². The molecule has 0 N–H and O–H groups in total. The van der Waals surface area contributed by atoms with Gasteiger partial charge in [-0.2, -0.15) is 5.26 Å². The van der Waals surface area contributed by atoms with E-state index in [2.05, 4.69) is 40.8 Å². The zero-order chi connectivity index (χ0) is 12.4. The van der Waals surface area contributed by atoms with Gasteiger partial charge in [0.05, 0.1) is 11.5 Å². The normalized spacial score (nSPS) is 16.2. The topological polar surface area (TPSA) is 23.8 Å². The summed E-state index contributed by atoms with van der Waals surface area (Å²) < 4.78 is 1.06. The van der Waals surface area contributed by atoms with Crippen molar-refractivity contribution in [3.8, 4) is 6.07 Å². The van der Waals surface area contributed by atoms with Crippen LogP contribution >= 0.6 is 26.0 Å². The standard InChI is InChI=1S/C13H18BrNS/c1-13(9-15,10-16(2,3)4)11-5-7-12(14)8-6-11/h5-8H,10H2,1-4H3. The molecule has 1 aromatic carbocycles. The minimum Gasteiger partial charge on any atom is -0.248 e. The third kappa shape index (κ3) is 3.54. The zero-order valence-corrected chi connectivity index (χ0v) is 12.7. The average molecular weight is 300 g/mol. The molecule has 0 heterocycles. The van der Waals surface area contributed by atoms with E-state index in [4.69, 9.17) is 0 Å². The van der Waals surface area contributed by atoms with E-state index in [0.717, 1.165) is 15.8 Å². The Hall–Kier alpha value is -0.460. The van der Waals surface area contributed by atoms with E-state index in [1.807, 2.05) is 31.2 Å². The summed E-state index contributed by atoms with van der Waals surface area (Å²) >= 11 is 3.42. The van der Waals surface area contributed by atoms with Gasteiger partial charge in [-0.15, -0.1) is 0 Å². The Labute approximate surface area is 108 Å². The molecule has 0 aromatic heterocycles. The molecule has 0 aliphatic heterocycles. The summed E-state index contributed by atoms with van der Waals surface area (Å²) in [7, 11) is -0.686. The van der Waals surface area contributed by atoms with Gasteiger partial charge >= 0.3 is 0 Å². The minimum atomic E-state index is -0.686. The SMILES string of the molecule is CC(C#N)(CS(C)(C)C)c1ccc(Br)cc1. The predicted molar refractivity (Wildman–Crippen MR) is 77.3 cm³/mol. The second-order valence-corrected chi connectivity index (χ2v) is 10.6. The monoisotopic (exact) mass is 299 g/mol. The third-order valence-corrected chi connectivity index (χ3v) is 4.42. The van der Waals surface area contributed by atoms with Crippen molar-refractivity contribution >= 4 is 26.0 Å². The molecule has 0 bridgehead atoms. The van der Waals surface area contributed by atoms with E-state index < -0.39 is 10.0 Å². The molecule has 0 fully saturated rings. The molecule has 0 saturated carbocycles. The fraction of sp³-hybridized carbons (Fsp3) is 0.462. The number of nitriles is 1. The lowest BCUT2D eigenvalue weighted by Gasteiger charge is -2.34. The lowest BCUT2D eigenvalue weighted by atomic mass is 9.86. The van der Waals surface area contributed by atoms with Crippen molar-refractivity contribution < 1.29 is 0 Å². The molecular formula is C13H18BrNS. The maximum atomic E-state index is 9.42. The highest BCUT2D eigenvalue weighted by molar-refractivity contribution is 9.10. The van der Waals surface area contributed by atoms with Gasteiger partial charge in [0.1, 0.15) is 0 Å². The van der Waals surface area contributed by atoms with Gasteiger partial charge < -0.3 is 0 Å². The van der Waals surface area contributed by atoms with E-state index in [9.17, 15) is 5.26 Å². The molecule has 0 amide bonds. The molecule has 1 rings (SSSR count). The number of hydrogen-bond acceptors (Lipinski definition) is 1. The summed E-state index contributed by atoms with van der Waals surface area (Å²) in [6, 6.07) is 10.6. The van der Waals surface area contributed by atoms with Crippen LogP contribution in [0.1, 0.15) is 12.5 Å². The first kappa shape index (κ1) is 13.6. The first-order valence-corrected chi connectivity index (χ1v) is 8.92. The van der Waals surface area contributed by atoms with Crippen molar-refractivity contribution in [1.82, 2.24) is 0 Å². The Bertz CT molecular complexity index is 399. The summed E-state index contributed by atoms with van der Waals surface area (Å²) in [6.07, 6.45) is 6.75. The Morgan fingerprint density at radius 1 is 1.25 bits per heavy atom. The average Bonchev–Trinajstić information content (AvgIpc) is 2.16. The summed E-state index contributed by atoms with van der Waals surface area (Å²) in [4.78, 5) is 0. The summed E-state index contributed by atoms with van der Waals surface area (Å²) in [6.45, 7) is 2.04. The van der Waals surface area contributed by atoms with E-state index in [0.29, 0.717) is 0 Å². The van der Waals surface area contributed by atoms with Crippen LogP contribution in [0, 0.1) is 11.3 Å². The van der Waals surface area contributed by atoms with Crippen molar-refractivity contribution in [2.24, 2.45) is 0 Å². The maximum Gasteiger partial charge on any atom is 0.0869 e. The van der Waals surface area contributed by atoms with Gasteiger partial charge in [0.25, 0.3) is 0 Å². The van der Waals surface area contributed by atoms with Gasteiger partial charge in [-0.05, 0) is 49.1 Å². The first-order chi connectivity index (χ1) is 7.27. The second-order valence-electron chi connectivity index (χ2n) is 5.19. The van der Waals surface area contributed by atoms with Crippen LogP contribution in [0.5, 0.6) is 0 Å². The third-order valence-electron chi connectivity index (χ3n) is 2.45. The lowest BCUT2D eigenvalue weighted by molar-refractivity contribution is 0.696. The molecule has 3 heteroatoms. The highest BCUT2D eigenvalue weighted by Crippen LogP contribution is 2.42. The Morgan fingerprint density at radius 3 is 2.12 bits per heavy atom. The van der Waals surface area contributed by atoms with E-state index >= 15 is 0 Å². The second kappa shape index (κ2) is 4.81. The molecule has 88 valence electrons. The van der Waals surface area contributed by atoms with Gasteiger partial charge in [-0.3, -0.25) is 0 Å². The van der Waals surface area contributed by atoms with Crippen LogP contribution in [-0.2, 0) is 5.41 Å². The van der Waals surface area contributed by atoms with Crippen LogP contribution < -0.4 is 0 Å². The summed E-state index contributed by atoms with van der Waals surface area (Å²) in [5.41, 5.74) is 0.745. The van der Waals surface area contributed by atoms with Crippen LogP contribution in [0.2, 0.25) is 0 Å². The molecule has 1 aromatic rings. The van der Waals surface area contributed by atoms with Crippen molar-refractivity contribution in [1.29, 1.82) is 5.26 Å². The van der Waals surface area contributed by atoms with Gasteiger partial charge in [0.2, 0.25) is 0 Å². The van der Waals surface area contributed by atoms with Crippen molar-refractivity contribution in [2.75, 3.05) is 24.5 Å². The number of hydrogen-bond donors (Lipinski definition) is 0. The molecule has 0 spiro atoms. The molecular weight excluding hydrogens is 282 g/mol. The first-order valence-electron chi connectivity index (χ1n) is 5.10. The fourth-order valence-electron chi connectivity index (χ4n) is 1.86. The fourth-order valence-corrected chi connectivity index (χ4v) is 4.09. The zero-order valence-electron chi connectivity index (χ0n) is 10.2. The van der Waals surface area contributed by atoms with E-state index in [-0.39, 0.29) is 5.41 Å². The lowest BCUT2D eigenvalue weighted by Crippen LogP contribution is -2.27. The molecule has 16 heavy (non-hydrogen) atoms. The summed E-state index contributed by atoms with van der Waals surface area (Å²) in [5, 5.41) is 9.42. The van der Waals surface area contributed by atoms with Crippen LogP contribution in [0.15, 0.2) is 28.7 Å². The highest BCUT2D eigenvalue weighted by atomic mass is 79.9. The number of rotatable bonds is 3. The van der Waals surface area contributed by atoms with Crippen LogP contribution in [0.4, 0.5) is 0 Å². The molecule has 1 atom stereocenters. The highest BCUT2D eigenvalue weighted by Gasteiger charge is 2.29. The molecule has 0 aliphatic carbocycles. The molecule has 1 unspecified atom stereocenters. The summed E-state index contributed by atoms with van der Waals surface area (Å²) in [5.74, 6) is 0.943. The van der Waals surface area contributed by atoms with Gasteiger partial charge in [-0.25, -0.2) is 10.0 Å². The predicted octanol–water partition coefficient (Wildman–Crippen LogP) is 3.92. The van der Waals surface area contributed by atoms with Crippen molar-refractivity contribution in [3.63, 3.8) is 0 Å². The van der Waals surface area contributed by atoms with Crippen molar-refractivity contribution in [3.05, 3.63) is 34.3 Å².